The van der Waals surface area contributed by atoms with E-state index in [1.54, 1.807) is 11.8 Å². The Morgan fingerprint density at radius 2 is 0.977 bits per heavy atom. The molecule has 0 aliphatic rings. The fraction of sp³-hybridized carbons (Fsp3) is 0.0294. The van der Waals surface area contributed by atoms with Crippen LogP contribution < -0.4 is 35.3 Å². The van der Waals surface area contributed by atoms with Gasteiger partial charge in [0, 0.05) is 11.3 Å². The number of halogens is 1. The number of nitrogens with zero attached hydrogens (tertiary/aromatic N) is 1. The van der Waals surface area contributed by atoms with Crippen molar-refractivity contribution >= 4 is 40.4 Å². The van der Waals surface area contributed by atoms with Gasteiger partial charge in [0.15, 0.2) is 7.26 Å². The molecule has 43 heavy (non-hydrogen) atoms. The highest BCUT2D eigenvalue weighted by atomic mass is 35.7. The van der Waals surface area contributed by atoms with Gasteiger partial charge in [0.2, 0.25) is 11.0 Å². The molecule has 1 heterocycles. The first kappa shape index (κ1) is 30.7. The van der Waals surface area contributed by atoms with Gasteiger partial charge in [-0.25, -0.2) is 0 Å². The highest BCUT2D eigenvalue weighted by Gasteiger charge is 2.52. The van der Waals surface area contributed by atoms with Crippen molar-refractivity contribution in [1.29, 1.82) is 0 Å². The van der Waals surface area contributed by atoms with E-state index in [1.807, 2.05) is 18.2 Å². The largest absolute Gasteiger partial charge is 0.425 e. The number of oxazole rings is 1. The van der Waals surface area contributed by atoms with Crippen molar-refractivity contribution in [2.24, 2.45) is 0 Å². The molecule has 9 heteroatoms. The predicted octanol–water partition coefficient (Wildman–Crippen LogP) is 3.13. The zero-order valence-corrected chi connectivity index (χ0v) is 25.4. The van der Waals surface area contributed by atoms with Gasteiger partial charge in [0.25, 0.3) is 5.44 Å². The van der Waals surface area contributed by atoms with Gasteiger partial charge >= 0.3 is 0 Å². The minimum absolute atomic E-state index is 0.656. The smallest absolute Gasteiger partial charge is 0.251 e. The molecule has 0 fully saturated rings. The molecule has 0 aliphatic carbocycles. The molecule has 0 saturated heterocycles. The average Bonchev–Trinajstić information content (AvgIpc) is 3.47. The third-order valence-electron chi connectivity index (χ3n) is 6.56. The molecular weight excluding hydrogens is 601 g/mol. The Labute approximate surface area is 257 Å². The second-order valence-electron chi connectivity index (χ2n) is 9.34. The summed E-state index contributed by atoms with van der Waals surface area (Å²) in [6.07, 6.45) is 0. The van der Waals surface area contributed by atoms with Gasteiger partial charge in [0.05, 0.1) is 14.9 Å². The molecule has 0 aliphatic heterocycles. The van der Waals surface area contributed by atoms with Crippen LogP contribution >= 0.6 is 19.0 Å². The van der Waals surface area contributed by atoms with Crippen LogP contribution in [-0.2, 0) is 5.75 Å². The first-order valence-electron chi connectivity index (χ1n) is 13.3. The van der Waals surface area contributed by atoms with E-state index in [4.69, 9.17) is 28.0 Å². The minimum Gasteiger partial charge on any atom is -0.425 e. The number of hydrogen-bond acceptors (Lipinski definition) is 7. The van der Waals surface area contributed by atoms with E-state index in [0.29, 0.717) is 5.89 Å². The summed E-state index contributed by atoms with van der Waals surface area (Å²) < 4.78 is 39.4. The molecule has 0 saturated carbocycles. The van der Waals surface area contributed by atoms with Crippen molar-refractivity contribution in [1.82, 2.24) is 4.98 Å². The third kappa shape index (κ3) is 7.60. The monoisotopic (exact) mass is 628 g/mol. The van der Waals surface area contributed by atoms with Crippen molar-refractivity contribution < 1.29 is 33.3 Å². The highest BCUT2D eigenvalue weighted by Crippen LogP contribution is 2.56. The summed E-state index contributed by atoms with van der Waals surface area (Å²) in [7, 11) is -7.08. The average molecular weight is 629 g/mol. The molecule has 1 aromatic heterocycles. The Morgan fingerprint density at radius 1 is 0.605 bits per heavy atom. The maximum atomic E-state index is 8.60. The SMILES string of the molecule is [O-][Cl+3]([O-])([O-])O.c1ccc(CSc2oc(-c3ccccc3)nc2[P+](c2ccccc2)(c2ccccc2)c2ccccc2)cc1. The lowest BCUT2D eigenvalue weighted by atomic mass is 10.2. The normalized spacial score (nSPS) is 11.4. The molecule has 6 rings (SSSR count). The molecule has 0 bridgehead atoms. The van der Waals surface area contributed by atoms with E-state index in [9.17, 15) is 0 Å². The fourth-order valence-electron chi connectivity index (χ4n) is 4.80. The van der Waals surface area contributed by atoms with Crippen LogP contribution in [0.25, 0.3) is 11.5 Å². The van der Waals surface area contributed by atoms with E-state index in [1.165, 1.54) is 21.5 Å². The van der Waals surface area contributed by atoms with Crippen LogP contribution in [0.2, 0.25) is 0 Å². The molecule has 0 unspecified atom stereocenters. The van der Waals surface area contributed by atoms with E-state index in [2.05, 4.69) is 133 Å². The summed E-state index contributed by atoms with van der Waals surface area (Å²) in [5, 5.41) is 4.64. The van der Waals surface area contributed by atoms with Gasteiger partial charge in [-0.1, -0.05) is 115 Å². The Bertz CT molecular complexity index is 1600. The van der Waals surface area contributed by atoms with Gasteiger partial charge < -0.3 is 4.42 Å². The lowest BCUT2D eigenvalue weighted by Gasteiger charge is -2.25. The molecular formula is C34H28ClNO5PS+. The molecule has 6 nitrogen and oxygen atoms in total. The lowest BCUT2D eigenvalue weighted by Crippen LogP contribution is -2.58. The van der Waals surface area contributed by atoms with Crippen LogP contribution in [0.3, 0.4) is 0 Å². The third-order valence-corrected chi connectivity index (χ3v) is 11.9. The Balaban J connectivity index is 0.000000682. The zero-order valence-electron chi connectivity index (χ0n) is 22.9. The predicted molar refractivity (Wildman–Crippen MR) is 165 cm³/mol. The maximum absolute atomic E-state index is 8.60. The summed E-state index contributed by atoms with van der Waals surface area (Å²) >= 11 is 1.73. The molecule has 1 N–H and O–H groups in total. The number of rotatable bonds is 8. The summed E-state index contributed by atoms with van der Waals surface area (Å²) in [5.74, 6) is 1.46. The van der Waals surface area contributed by atoms with Crippen molar-refractivity contribution in [2.75, 3.05) is 0 Å². The lowest BCUT2D eigenvalue weighted by molar-refractivity contribution is -1.92. The number of hydrogen-bond donors (Lipinski definition) is 1. The number of aromatic nitrogens is 1. The summed E-state index contributed by atoms with van der Waals surface area (Å²) in [6.45, 7) is 0. The quantitative estimate of drug-likeness (QED) is 0.203. The van der Waals surface area contributed by atoms with E-state index < -0.39 is 17.5 Å². The summed E-state index contributed by atoms with van der Waals surface area (Å²) in [6, 6.07) is 53.3. The number of benzene rings is 5. The van der Waals surface area contributed by atoms with Crippen molar-refractivity contribution in [3.8, 4) is 11.5 Å². The molecule has 216 valence electrons. The Kier molecular flexibility index (Phi) is 10.1. The van der Waals surface area contributed by atoms with Gasteiger partial charge in [-0.3, -0.25) is 0 Å². The maximum Gasteiger partial charge on any atom is 0.251 e. The molecule has 0 atom stereocenters. The Morgan fingerprint density at radius 3 is 1.40 bits per heavy atom. The first-order valence-corrected chi connectivity index (χ1v) is 17.3. The summed E-state index contributed by atoms with van der Waals surface area (Å²) in [5.41, 5.74) is 3.25. The molecule has 0 radical (unpaired) electrons. The van der Waals surface area contributed by atoms with Crippen molar-refractivity contribution in [3.63, 3.8) is 0 Å². The second-order valence-corrected chi connectivity index (χ2v) is 14.4. The van der Waals surface area contributed by atoms with Crippen LogP contribution in [0.1, 0.15) is 5.56 Å². The standard InChI is InChI=1S/C34H27NOPS.ClHO4/c1-6-16-27(17-7-1)26-38-34-33(35-32(36-34)28-18-8-2-9-19-28)37(29-20-10-3-11-21-29,30-22-12-4-13-23-30)31-24-14-5-15-25-31;2-1(3,4)5/h1-25H,26H2;(H,2,3,4,5)/q+1;. The van der Waals surface area contributed by atoms with Crippen LogP contribution in [0.5, 0.6) is 0 Å². The molecule has 6 aromatic rings. The number of thioether (sulfide) groups is 1. The molecule has 5 aromatic carbocycles. The van der Waals surface area contributed by atoms with Crippen LogP contribution in [0.15, 0.2) is 161 Å². The van der Waals surface area contributed by atoms with Gasteiger partial charge in [-0.2, -0.15) is 19.0 Å². The van der Waals surface area contributed by atoms with Gasteiger partial charge in [-0.15, -0.1) is 0 Å². The van der Waals surface area contributed by atoms with Crippen LogP contribution in [-0.4, -0.2) is 9.64 Å². The van der Waals surface area contributed by atoms with Gasteiger partial charge in [0.1, 0.15) is 15.9 Å². The van der Waals surface area contributed by atoms with E-state index in [-0.39, 0.29) is 0 Å². The van der Waals surface area contributed by atoms with Crippen LogP contribution in [0.4, 0.5) is 0 Å². The van der Waals surface area contributed by atoms with Gasteiger partial charge in [-0.05, 0) is 54.1 Å². The zero-order chi connectivity index (χ0) is 30.1. The topological polar surface area (TPSA) is 115 Å². The first-order chi connectivity index (χ1) is 20.9. The molecule has 0 amide bonds. The van der Waals surface area contributed by atoms with E-state index >= 15 is 0 Å². The van der Waals surface area contributed by atoms with E-state index in [0.717, 1.165) is 21.8 Å². The highest BCUT2D eigenvalue weighted by molar-refractivity contribution is 8.04. The fourth-order valence-corrected chi connectivity index (χ4v) is 10.3. The van der Waals surface area contributed by atoms with Crippen molar-refractivity contribution in [3.05, 3.63) is 157 Å². The Hall–Kier alpha value is -3.78. The summed E-state index contributed by atoms with van der Waals surface area (Å²) in [4.78, 5) is 5.36. The van der Waals surface area contributed by atoms with Crippen LogP contribution in [0, 0.1) is 10.2 Å². The molecule has 0 spiro atoms. The second kappa shape index (κ2) is 14.1. The minimum atomic E-state index is -4.69. The van der Waals surface area contributed by atoms with Crippen molar-refractivity contribution in [2.45, 2.75) is 10.8 Å².